The number of rotatable bonds is 8. The molecule has 9 nitrogen and oxygen atoms in total. The molecule has 6 atom stereocenters. The summed E-state index contributed by atoms with van der Waals surface area (Å²) in [5.74, 6) is 0.290. The maximum Gasteiger partial charge on any atom is 0.328 e. The number of benzene rings is 1. The van der Waals surface area contributed by atoms with E-state index < -0.39 is 41.1 Å². The van der Waals surface area contributed by atoms with Crippen LogP contribution in [0.15, 0.2) is 12.1 Å². The number of likely N-dealkylation sites (N-methyl/N-ethyl adjacent to an activating group) is 1. The number of carbonyl (C=O) groups is 3. The van der Waals surface area contributed by atoms with Crippen LogP contribution in [0.2, 0.25) is 0 Å². The minimum absolute atomic E-state index is 0.0260. The van der Waals surface area contributed by atoms with Crippen LogP contribution in [0.1, 0.15) is 50.7 Å². The molecule has 2 aliphatic heterocycles. The van der Waals surface area contributed by atoms with Gasteiger partial charge in [-0.15, -0.1) is 0 Å². The number of likely N-dealkylation sites (tertiary alicyclic amines) is 1. The molecule has 37 heavy (non-hydrogen) atoms. The molecule has 10 heteroatoms. The van der Waals surface area contributed by atoms with E-state index in [1.54, 1.807) is 17.8 Å². The highest BCUT2D eigenvalue weighted by Gasteiger charge is 2.75. The van der Waals surface area contributed by atoms with Gasteiger partial charge in [-0.3, -0.25) is 14.5 Å². The lowest BCUT2D eigenvalue weighted by molar-refractivity contribution is -0.214. The van der Waals surface area contributed by atoms with Crippen molar-refractivity contribution >= 4 is 29.5 Å². The molecule has 0 aromatic heterocycles. The third-order valence-electron chi connectivity index (χ3n) is 8.89. The molecule has 202 valence electrons. The summed E-state index contributed by atoms with van der Waals surface area (Å²) in [5, 5.41) is 0. The largest absolute Gasteiger partial charge is 0.477 e. The van der Waals surface area contributed by atoms with Crippen molar-refractivity contribution in [3.8, 4) is 11.5 Å². The average Bonchev–Trinajstić information content (AvgIpc) is 3.23. The Bertz CT molecular complexity index is 1130. The molecule has 2 heterocycles. The number of esters is 2. The number of nitrogens with zero attached hydrogens (tertiary/aromatic N) is 1. The van der Waals surface area contributed by atoms with Gasteiger partial charge in [0, 0.05) is 12.0 Å². The van der Waals surface area contributed by atoms with Crippen molar-refractivity contribution in [3.05, 3.63) is 23.3 Å². The van der Waals surface area contributed by atoms with Crippen LogP contribution >= 0.6 is 11.8 Å². The second-order valence-electron chi connectivity index (χ2n) is 11.2. The molecule has 4 aliphatic rings. The summed E-state index contributed by atoms with van der Waals surface area (Å²) in [7, 11) is 2.04. The molecule has 1 saturated heterocycles. The Morgan fingerprint density at radius 1 is 1.24 bits per heavy atom. The van der Waals surface area contributed by atoms with Gasteiger partial charge < -0.3 is 25.7 Å². The molecule has 2 aliphatic carbocycles. The fourth-order valence-electron chi connectivity index (χ4n) is 6.85. The van der Waals surface area contributed by atoms with Crippen molar-refractivity contribution in [2.75, 3.05) is 25.6 Å². The SMILES string of the molecule is CSCC[C@H](N)C(=O)O[C@@]12CCC(=O)[C@@H]3Oc4c(OC(=O)[C@@H](N)C(C)C)ccc5c4[C@@]31CCN(C)[C@@H]2C5. The summed E-state index contributed by atoms with van der Waals surface area (Å²) in [5.41, 5.74) is 12.3. The van der Waals surface area contributed by atoms with Gasteiger partial charge in [-0.25, -0.2) is 4.79 Å². The van der Waals surface area contributed by atoms with Crippen molar-refractivity contribution in [2.24, 2.45) is 17.4 Å². The lowest BCUT2D eigenvalue weighted by Crippen LogP contribution is -2.77. The van der Waals surface area contributed by atoms with Gasteiger partial charge in [-0.05, 0) is 68.8 Å². The van der Waals surface area contributed by atoms with E-state index in [1.165, 1.54) is 0 Å². The first-order chi connectivity index (χ1) is 17.6. The highest BCUT2D eigenvalue weighted by Crippen LogP contribution is 2.66. The Labute approximate surface area is 221 Å². The van der Waals surface area contributed by atoms with Crippen LogP contribution in [0.3, 0.4) is 0 Å². The van der Waals surface area contributed by atoms with Gasteiger partial charge in [0.25, 0.3) is 0 Å². The van der Waals surface area contributed by atoms with E-state index in [0.717, 1.165) is 23.4 Å². The number of hydrogen-bond donors (Lipinski definition) is 2. The topological polar surface area (TPSA) is 134 Å². The Morgan fingerprint density at radius 3 is 2.70 bits per heavy atom. The van der Waals surface area contributed by atoms with Crippen molar-refractivity contribution in [3.63, 3.8) is 0 Å². The highest BCUT2D eigenvalue weighted by molar-refractivity contribution is 7.98. The number of Topliss-reactive ketones (excluding diaryl/α,β-unsaturated/α-hetero) is 1. The lowest BCUT2D eigenvalue weighted by atomic mass is 9.49. The molecule has 1 spiro atoms. The minimum Gasteiger partial charge on any atom is -0.477 e. The molecule has 2 bridgehead atoms. The second-order valence-corrected chi connectivity index (χ2v) is 12.2. The molecule has 1 saturated carbocycles. The van der Waals surface area contributed by atoms with Gasteiger partial charge in [0.15, 0.2) is 23.4 Å². The first kappa shape index (κ1) is 26.5. The van der Waals surface area contributed by atoms with Gasteiger partial charge in [-0.2, -0.15) is 11.8 Å². The van der Waals surface area contributed by atoms with Crippen molar-refractivity contribution < 1.29 is 28.6 Å². The van der Waals surface area contributed by atoms with Crippen LogP contribution in [0.4, 0.5) is 0 Å². The average molecular weight is 532 g/mol. The van der Waals surface area contributed by atoms with Crippen molar-refractivity contribution in [2.45, 2.75) is 81.2 Å². The molecule has 0 unspecified atom stereocenters. The summed E-state index contributed by atoms with van der Waals surface area (Å²) in [4.78, 5) is 41.8. The van der Waals surface area contributed by atoms with E-state index in [1.807, 2.05) is 33.2 Å². The third kappa shape index (κ3) is 3.82. The number of carbonyl (C=O) groups excluding carboxylic acids is 3. The zero-order valence-corrected chi connectivity index (χ0v) is 22.8. The summed E-state index contributed by atoms with van der Waals surface area (Å²) in [6.45, 7) is 4.42. The quantitative estimate of drug-likeness (QED) is 0.376. The van der Waals surface area contributed by atoms with Gasteiger partial charge in [0.1, 0.15) is 17.7 Å². The normalized spacial score (nSPS) is 31.4. The molecule has 1 aromatic rings. The Morgan fingerprint density at radius 2 is 2.00 bits per heavy atom. The maximum absolute atomic E-state index is 13.4. The van der Waals surface area contributed by atoms with Crippen LogP contribution in [-0.2, 0) is 31.0 Å². The maximum atomic E-state index is 13.4. The predicted molar refractivity (Wildman–Crippen MR) is 140 cm³/mol. The van der Waals surface area contributed by atoms with Crippen molar-refractivity contribution in [1.82, 2.24) is 4.90 Å². The van der Waals surface area contributed by atoms with Crippen molar-refractivity contribution in [1.29, 1.82) is 0 Å². The molecular weight excluding hydrogens is 494 g/mol. The number of nitrogens with two attached hydrogens (primary N) is 2. The van der Waals surface area contributed by atoms with Crippen LogP contribution in [0.25, 0.3) is 0 Å². The minimum atomic E-state index is -0.970. The molecule has 1 aromatic carbocycles. The zero-order valence-electron chi connectivity index (χ0n) is 22.0. The zero-order chi connectivity index (χ0) is 26.7. The van der Waals surface area contributed by atoms with E-state index in [2.05, 4.69) is 4.90 Å². The molecule has 5 rings (SSSR count). The fourth-order valence-corrected chi connectivity index (χ4v) is 7.34. The second kappa shape index (κ2) is 9.55. The number of thioether (sulfide) groups is 1. The van der Waals surface area contributed by atoms with Crippen LogP contribution in [0.5, 0.6) is 11.5 Å². The number of piperidine rings is 1. The monoisotopic (exact) mass is 531 g/mol. The summed E-state index contributed by atoms with van der Waals surface area (Å²) in [6.07, 6.45) is 3.51. The predicted octanol–water partition coefficient (Wildman–Crippen LogP) is 1.56. The van der Waals surface area contributed by atoms with Gasteiger partial charge in [0.05, 0.1) is 11.5 Å². The molecule has 0 radical (unpaired) electrons. The van der Waals surface area contributed by atoms with Gasteiger partial charge in [-0.1, -0.05) is 19.9 Å². The fraction of sp³-hybridized carbons (Fsp3) is 0.667. The van der Waals surface area contributed by atoms with Crippen LogP contribution < -0.4 is 20.9 Å². The number of ketones is 1. The number of hydrogen-bond acceptors (Lipinski definition) is 10. The molecule has 4 N–H and O–H groups in total. The van der Waals surface area contributed by atoms with E-state index >= 15 is 0 Å². The van der Waals surface area contributed by atoms with E-state index in [-0.39, 0.29) is 29.9 Å². The molecule has 2 fully saturated rings. The lowest BCUT2D eigenvalue weighted by Gasteiger charge is -2.63. The summed E-state index contributed by atoms with van der Waals surface area (Å²) in [6, 6.07) is 2.01. The first-order valence-electron chi connectivity index (χ1n) is 13.1. The smallest absolute Gasteiger partial charge is 0.328 e. The van der Waals surface area contributed by atoms with Crippen LogP contribution in [-0.4, -0.2) is 78.1 Å². The van der Waals surface area contributed by atoms with Gasteiger partial charge in [0.2, 0.25) is 0 Å². The van der Waals surface area contributed by atoms with E-state index in [0.29, 0.717) is 31.4 Å². The molecular formula is C27H37N3O6S. The molecule has 0 amide bonds. The van der Waals surface area contributed by atoms with E-state index in [4.69, 9.17) is 25.7 Å². The van der Waals surface area contributed by atoms with Crippen LogP contribution in [0, 0.1) is 5.92 Å². The summed E-state index contributed by atoms with van der Waals surface area (Å²) >= 11 is 1.63. The standard InChI is InChI=1S/C27H37N3O6S/c1-14(2)21(29)25(33)34-18-6-5-15-13-19-27(36-24(32)16(28)8-12-37-4)9-7-17(31)23-26(27,10-11-30(19)3)20(15)22(18)35-23/h5-6,14,16,19,21,23H,7-13,28-29H2,1-4H3/t16-,19+,21-,23-,26-,27+/m0/s1. The highest BCUT2D eigenvalue weighted by atomic mass is 32.2. The number of ether oxygens (including phenoxy) is 3. The Balaban J connectivity index is 1.62. The first-order valence-corrected chi connectivity index (χ1v) is 14.5. The summed E-state index contributed by atoms with van der Waals surface area (Å²) < 4.78 is 18.7. The Hall–Kier alpha value is -2.14. The Kier molecular flexibility index (Phi) is 6.83. The van der Waals surface area contributed by atoms with Gasteiger partial charge >= 0.3 is 11.9 Å². The third-order valence-corrected chi connectivity index (χ3v) is 9.53. The van der Waals surface area contributed by atoms with E-state index in [9.17, 15) is 14.4 Å².